The molecule has 0 bridgehead atoms. The van der Waals surface area contributed by atoms with E-state index >= 15 is 0 Å². The number of benzene rings is 3. The van der Waals surface area contributed by atoms with E-state index in [-0.39, 0.29) is 5.91 Å². The second kappa shape index (κ2) is 13.4. The van der Waals surface area contributed by atoms with Crippen molar-refractivity contribution in [3.63, 3.8) is 0 Å². The van der Waals surface area contributed by atoms with Gasteiger partial charge in [0.15, 0.2) is 5.13 Å². The van der Waals surface area contributed by atoms with E-state index in [0.717, 1.165) is 34.1 Å². The number of aromatic nitrogens is 1. The molecular weight excluding hydrogens is 527 g/mol. The SMILES string of the molecule is NCCCNC(=O)c1ccc(CN(CCOc2ccccc2)c2nc(-c3ccc(Cl)c(Cl)c3)cs2)cc1. The number of para-hydroxylation sites is 1. The molecule has 0 aliphatic rings. The second-order valence-corrected chi connectivity index (χ2v) is 9.97. The molecular formula is C28H28Cl2N4O2S. The molecule has 4 rings (SSSR count). The van der Waals surface area contributed by atoms with Gasteiger partial charge in [-0.25, -0.2) is 4.98 Å². The van der Waals surface area contributed by atoms with E-state index in [0.29, 0.717) is 48.4 Å². The topological polar surface area (TPSA) is 80.5 Å². The molecule has 37 heavy (non-hydrogen) atoms. The number of amides is 1. The van der Waals surface area contributed by atoms with E-state index in [1.54, 1.807) is 17.4 Å². The molecule has 4 aromatic rings. The molecule has 3 aromatic carbocycles. The molecule has 1 heterocycles. The number of thiazole rings is 1. The van der Waals surface area contributed by atoms with Crippen molar-refractivity contribution < 1.29 is 9.53 Å². The molecule has 0 saturated carbocycles. The predicted octanol–water partition coefficient (Wildman–Crippen LogP) is 6.28. The Morgan fingerprint density at radius 2 is 1.81 bits per heavy atom. The van der Waals surface area contributed by atoms with E-state index in [1.807, 2.05) is 72.1 Å². The minimum Gasteiger partial charge on any atom is -0.492 e. The summed E-state index contributed by atoms with van der Waals surface area (Å²) in [7, 11) is 0. The van der Waals surface area contributed by atoms with Gasteiger partial charge in [-0.2, -0.15) is 0 Å². The van der Waals surface area contributed by atoms with Gasteiger partial charge in [0.1, 0.15) is 12.4 Å². The van der Waals surface area contributed by atoms with Crippen LogP contribution in [-0.4, -0.2) is 37.1 Å². The van der Waals surface area contributed by atoms with Crippen LogP contribution in [0, 0.1) is 0 Å². The number of nitrogens with two attached hydrogens (primary N) is 1. The highest BCUT2D eigenvalue weighted by Gasteiger charge is 2.15. The van der Waals surface area contributed by atoms with Crippen LogP contribution < -0.4 is 20.7 Å². The molecule has 0 aliphatic heterocycles. The first-order chi connectivity index (χ1) is 18.0. The molecule has 0 spiro atoms. The van der Waals surface area contributed by atoms with Gasteiger partial charge in [0.2, 0.25) is 0 Å². The number of nitrogens with zero attached hydrogens (tertiary/aromatic N) is 2. The Kier molecular flexibility index (Phi) is 9.79. The first-order valence-corrected chi connectivity index (χ1v) is 13.6. The highest BCUT2D eigenvalue weighted by molar-refractivity contribution is 7.14. The summed E-state index contributed by atoms with van der Waals surface area (Å²) in [6, 6.07) is 22.9. The normalized spacial score (nSPS) is 10.8. The van der Waals surface area contributed by atoms with Crippen LogP contribution in [0.4, 0.5) is 5.13 Å². The summed E-state index contributed by atoms with van der Waals surface area (Å²) in [6.07, 6.45) is 0.752. The second-order valence-electron chi connectivity index (χ2n) is 8.32. The Balaban J connectivity index is 1.49. The lowest BCUT2D eigenvalue weighted by molar-refractivity contribution is 0.0953. The zero-order chi connectivity index (χ0) is 26.0. The third-order valence-electron chi connectivity index (χ3n) is 5.61. The Morgan fingerprint density at radius 1 is 1.03 bits per heavy atom. The number of carbonyl (C=O) groups is 1. The van der Waals surface area contributed by atoms with Crippen LogP contribution in [0.5, 0.6) is 5.75 Å². The van der Waals surface area contributed by atoms with Crippen LogP contribution >= 0.6 is 34.5 Å². The molecule has 9 heteroatoms. The molecule has 0 saturated heterocycles. The van der Waals surface area contributed by atoms with Crippen LogP contribution in [0.15, 0.2) is 78.2 Å². The highest BCUT2D eigenvalue weighted by atomic mass is 35.5. The number of nitrogens with one attached hydrogen (secondary N) is 1. The quantitative estimate of drug-likeness (QED) is 0.201. The Hall–Kier alpha value is -3.10. The molecule has 6 nitrogen and oxygen atoms in total. The van der Waals surface area contributed by atoms with Crippen molar-refractivity contribution in [2.24, 2.45) is 5.73 Å². The first-order valence-electron chi connectivity index (χ1n) is 11.9. The summed E-state index contributed by atoms with van der Waals surface area (Å²) in [5, 5.41) is 6.76. The molecule has 3 N–H and O–H groups in total. The first kappa shape index (κ1) is 26.9. The fraction of sp³-hybridized carbons (Fsp3) is 0.214. The summed E-state index contributed by atoms with van der Waals surface area (Å²) < 4.78 is 5.95. The molecule has 0 atom stereocenters. The Bertz CT molecular complexity index is 1300. The lowest BCUT2D eigenvalue weighted by Gasteiger charge is -2.22. The van der Waals surface area contributed by atoms with Crippen LogP contribution in [-0.2, 0) is 6.54 Å². The fourth-order valence-corrected chi connectivity index (χ4v) is 4.78. The molecule has 0 aliphatic carbocycles. The van der Waals surface area contributed by atoms with Crippen molar-refractivity contribution in [3.05, 3.63) is 99.3 Å². The number of ether oxygens (including phenoxy) is 1. The summed E-state index contributed by atoms with van der Waals surface area (Å²) in [4.78, 5) is 19.4. The summed E-state index contributed by atoms with van der Waals surface area (Å²) in [5.41, 5.74) is 8.92. The standard InChI is InChI=1S/C28H28Cl2N4O2S/c29-24-12-11-22(17-25(24)30)26-19-37-28(33-26)34(15-16-36-23-5-2-1-3-6-23)18-20-7-9-21(10-8-20)27(35)32-14-4-13-31/h1-3,5-12,17,19H,4,13-16,18,31H2,(H,32,35). The van der Waals surface area contributed by atoms with E-state index in [1.165, 1.54) is 0 Å². The molecule has 0 radical (unpaired) electrons. The smallest absolute Gasteiger partial charge is 0.251 e. The van der Waals surface area contributed by atoms with Crippen LogP contribution in [0.1, 0.15) is 22.3 Å². The van der Waals surface area contributed by atoms with Crippen molar-refractivity contribution >= 4 is 45.6 Å². The molecule has 0 unspecified atom stereocenters. The summed E-state index contributed by atoms with van der Waals surface area (Å²) in [5.74, 6) is 0.724. The number of hydrogen-bond acceptors (Lipinski definition) is 6. The van der Waals surface area contributed by atoms with E-state index < -0.39 is 0 Å². The van der Waals surface area contributed by atoms with Crippen molar-refractivity contribution in [1.29, 1.82) is 0 Å². The van der Waals surface area contributed by atoms with E-state index in [4.69, 9.17) is 38.7 Å². The van der Waals surface area contributed by atoms with E-state index in [9.17, 15) is 4.79 Å². The Labute approximate surface area is 231 Å². The van der Waals surface area contributed by atoms with Crippen molar-refractivity contribution in [2.75, 3.05) is 31.1 Å². The monoisotopic (exact) mass is 554 g/mol. The molecule has 1 amide bonds. The number of carbonyl (C=O) groups excluding carboxylic acids is 1. The maximum atomic E-state index is 12.3. The lowest BCUT2D eigenvalue weighted by Crippen LogP contribution is -2.28. The molecule has 0 fully saturated rings. The van der Waals surface area contributed by atoms with Gasteiger partial charge >= 0.3 is 0 Å². The van der Waals surface area contributed by atoms with Crippen molar-refractivity contribution in [2.45, 2.75) is 13.0 Å². The average Bonchev–Trinajstić information content (AvgIpc) is 3.41. The van der Waals surface area contributed by atoms with Gasteiger partial charge in [-0.05, 0) is 54.9 Å². The van der Waals surface area contributed by atoms with Gasteiger partial charge in [0.05, 0.1) is 22.3 Å². The summed E-state index contributed by atoms with van der Waals surface area (Å²) in [6.45, 7) is 2.85. The number of halogens is 2. The Morgan fingerprint density at radius 3 is 2.54 bits per heavy atom. The van der Waals surface area contributed by atoms with Crippen molar-refractivity contribution in [3.8, 4) is 17.0 Å². The average molecular weight is 556 g/mol. The fourth-order valence-electron chi connectivity index (χ4n) is 3.62. The van der Waals surface area contributed by atoms with Gasteiger partial charge in [-0.15, -0.1) is 11.3 Å². The van der Waals surface area contributed by atoms with Crippen molar-refractivity contribution in [1.82, 2.24) is 10.3 Å². The minimum atomic E-state index is -0.0979. The van der Waals surface area contributed by atoms with Crippen LogP contribution in [0.2, 0.25) is 10.0 Å². The predicted molar refractivity (Wildman–Crippen MR) is 153 cm³/mol. The zero-order valence-electron chi connectivity index (χ0n) is 20.2. The largest absolute Gasteiger partial charge is 0.492 e. The molecule has 1 aromatic heterocycles. The summed E-state index contributed by atoms with van der Waals surface area (Å²) >= 11 is 13.9. The number of rotatable bonds is 12. The number of hydrogen-bond donors (Lipinski definition) is 2. The third-order valence-corrected chi connectivity index (χ3v) is 7.25. The van der Waals surface area contributed by atoms with E-state index in [2.05, 4.69) is 10.2 Å². The minimum absolute atomic E-state index is 0.0979. The highest BCUT2D eigenvalue weighted by Crippen LogP contribution is 2.32. The zero-order valence-corrected chi connectivity index (χ0v) is 22.5. The number of anilines is 1. The lowest BCUT2D eigenvalue weighted by atomic mass is 10.1. The van der Waals surface area contributed by atoms with Crippen LogP contribution in [0.25, 0.3) is 11.3 Å². The van der Waals surface area contributed by atoms with Gasteiger partial charge < -0.3 is 20.7 Å². The third kappa shape index (κ3) is 7.69. The van der Waals surface area contributed by atoms with Crippen LogP contribution in [0.3, 0.4) is 0 Å². The van der Waals surface area contributed by atoms with Gasteiger partial charge in [-0.1, -0.05) is 59.6 Å². The van der Waals surface area contributed by atoms with Gasteiger partial charge in [-0.3, -0.25) is 4.79 Å². The maximum Gasteiger partial charge on any atom is 0.251 e. The van der Waals surface area contributed by atoms with Gasteiger partial charge in [0, 0.05) is 29.6 Å². The maximum absolute atomic E-state index is 12.3. The molecule has 192 valence electrons. The van der Waals surface area contributed by atoms with Gasteiger partial charge in [0.25, 0.3) is 5.91 Å².